The van der Waals surface area contributed by atoms with Gasteiger partial charge < -0.3 is 4.74 Å². The highest BCUT2D eigenvalue weighted by Crippen LogP contribution is 2.23. The fourth-order valence-corrected chi connectivity index (χ4v) is 3.94. The van der Waals surface area contributed by atoms with Crippen molar-refractivity contribution in [1.29, 1.82) is 0 Å². The van der Waals surface area contributed by atoms with Gasteiger partial charge in [-0.1, -0.05) is 34.1 Å². The zero-order valence-corrected chi connectivity index (χ0v) is 17.5. The molecule has 0 heterocycles. The molecule has 0 fully saturated rings. The van der Waals surface area contributed by atoms with Crippen LogP contribution in [0.15, 0.2) is 58.1 Å². The van der Waals surface area contributed by atoms with Gasteiger partial charge in [-0.15, -0.1) is 0 Å². The molecular formula is C18H20BrN3O4S. The molecular weight excluding hydrogens is 434 g/mol. The molecule has 144 valence electrons. The van der Waals surface area contributed by atoms with E-state index in [4.69, 9.17) is 4.74 Å². The highest BCUT2D eigenvalue weighted by molar-refractivity contribution is 9.10. The van der Waals surface area contributed by atoms with Crippen LogP contribution in [0.5, 0.6) is 5.75 Å². The molecule has 27 heavy (non-hydrogen) atoms. The first-order valence-corrected chi connectivity index (χ1v) is 10.6. The largest absolute Gasteiger partial charge is 0.497 e. The number of nitrogens with zero attached hydrogens (tertiary/aromatic N) is 2. The molecule has 0 saturated heterocycles. The van der Waals surface area contributed by atoms with Crippen LogP contribution in [0.25, 0.3) is 0 Å². The van der Waals surface area contributed by atoms with Gasteiger partial charge in [-0.25, -0.2) is 13.8 Å². The number of ether oxygens (including phenoxy) is 1. The van der Waals surface area contributed by atoms with Gasteiger partial charge in [0.25, 0.3) is 5.91 Å². The lowest BCUT2D eigenvalue weighted by Crippen LogP contribution is -2.46. The third-order valence-corrected chi connectivity index (χ3v) is 5.66. The van der Waals surface area contributed by atoms with E-state index in [1.165, 1.54) is 20.2 Å². The minimum Gasteiger partial charge on any atom is -0.497 e. The zero-order chi connectivity index (χ0) is 20.0. The Morgan fingerprint density at radius 1 is 1.22 bits per heavy atom. The summed E-state index contributed by atoms with van der Waals surface area (Å²) in [7, 11) is -2.18. The fourth-order valence-electron chi connectivity index (χ4n) is 2.38. The number of hydrogen-bond acceptors (Lipinski definition) is 5. The van der Waals surface area contributed by atoms with Crippen molar-refractivity contribution in [3.8, 4) is 5.75 Å². The number of benzene rings is 2. The second-order valence-corrected chi connectivity index (χ2v) is 8.40. The van der Waals surface area contributed by atoms with E-state index in [1.54, 1.807) is 24.3 Å². The number of hydrogen-bond donors (Lipinski definition) is 1. The van der Waals surface area contributed by atoms with E-state index < -0.39 is 22.0 Å². The lowest BCUT2D eigenvalue weighted by Gasteiger charge is -2.27. The number of hydrazone groups is 1. The van der Waals surface area contributed by atoms with Gasteiger partial charge in [0, 0.05) is 10.0 Å². The van der Waals surface area contributed by atoms with Crippen LogP contribution in [0, 0.1) is 0 Å². The van der Waals surface area contributed by atoms with E-state index in [9.17, 15) is 13.2 Å². The second kappa shape index (κ2) is 9.01. The third kappa shape index (κ3) is 5.54. The topological polar surface area (TPSA) is 88.1 Å². The fraction of sp³-hybridized carbons (Fsp3) is 0.222. The van der Waals surface area contributed by atoms with Gasteiger partial charge in [0.2, 0.25) is 10.0 Å². The van der Waals surface area contributed by atoms with Crippen LogP contribution in [0.4, 0.5) is 5.69 Å². The van der Waals surface area contributed by atoms with E-state index in [1.807, 2.05) is 24.3 Å². The molecule has 2 rings (SSSR count). The van der Waals surface area contributed by atoms with E-state index in [2.05, 4.69) is 26.5 Å². The summed E-state index contributed by atoms with van der Waals surface area (Å²) in [5.41, 5.74) is 3.52. The Morgan fingerprint density at radius 2 is 1.85 bits per heavy atom. The Morgan fingerprint density at radius 3 is 2.41 bits per heavy atom. The number of halogens is 1. The Kier molecular flexibility index (Phi) is 6.98. The van der Waals surface area contributed by atoms with Crippen LogP contribution in [-0.4, -0.2) is 39.9 Å². The number of carbonyl (C=O) groups excluding carboxylic acids is 1. The molecule has 1 N–H and O–H groups in total. The van der Waals surface area contributed by atoms with Crippen molar-refractivity contribution < 1.29 is 17.9 Å². The van der Waals surface area contributed by atoms with Crippen molar-refractivity contribution in [2.45, 2.75) is 13.0 Å². The molecule has 1 atom stereocenters. The van der Waals surface area contributed by atoms with Crippen LogP contribution in [0.2, 0.25) is 0 Å². The molecule has 0 radical (unpaired) electrons. The predicted molar refractivity (Wildman–Crippen MR) is 110 cm³/mol. The first kappa shape index (κ1) is 20.9. The van der Waals surface area contributed by atoms with Crippen LogP contribution in [-0.2, 0) is 14.8 Å². The van der Waals surface area contributed by atoms with Crippen molar-refractivity contribution >= 4 is 43.8 Å². The number of amides is 1. The summed E-state index contributed by atoms with van der Waals surface area (Å²) in [5, 5.41) is 3.91. The Hall–Kier alpha value is -2.39. The average molecular weight is 454 g/mol. The molecule has 2 aromatic carbocycles. The Labute approximate surface area is 167 Å². The van der Waals surface area contributed by atoms with Gasteiger partial charge in [-0.3, -0.25) is 9.10 Å². The molecule has 0 spiro atoms. The summed E-state index contributed by atoms with van der Waals surface area (Å²) in [6.45, 7) is 1.49. The number of methoxy groups -OCH3 is 1. The summed E-state index contributed by atoms with van der Waals surface area (Å²) in [5.74, 6) is 0.0295. The molecule has 0 aliphatic carbocycles. The lowest BCUT2D eigenvalue weighted by atomic mass is 10.2. The highest BCUT2D eigenvalue weighted by Gasteiger charge is 2.29. The van der Waals surface area contributed by atoms with Crippen LogP contribution in [0.3, 0.4) is 0 Å². The maximum absolute atomic E-state index is 12.4. The van der Waals surface area contributed by atoms with Crippen LogP contribution < -0.4 is 14.5 Å². The maximum Gasteiger partial charge on any atom is 0.263 e. The molecule has 0 unspecified atom stereocenters. The van der Waals surface area contributed by atoms with Crippen molar-refractivity contribution in [2.24, 2.45) is 5.10 Å². The minimum absolute atomic E-state index is 0.357. The monoisotopic (exact) mass is 453 g/mol. The zero-order valence-electron chi connectivity index (χ0n) is 15.1. The van der Waals surface area contributed by atoms with Gasteiger partial charge in [-0.05, 0) is 37.3 Å². The van der Waals surface area contributed by atoms with Crippen LogP contribution in [0.1, 0.15) is 12.5 Å². The molecule has 0 saturated carbocycles. The van der Waals surface area contributed by atoms with E-state index in [-0.39, 0.29) is 0 Å². The average Bonchev–Trinajstić information content (AvgIpc) is 2.62. The molecule has 0 aliphatic heterocycles. The van der Waals surface area contributed by atoms with E-state index in [0.29, 0.717) is 11.4 Å². The Bertz CT molecular complexity index is 930. The SMILES string of the molecule is COc1ccc(N([C@@H](C)C(=O)N/N=C\c2ccccc2Br)S(C)(=O)=O)cc1. The van der Waals surface area contributed by atoms with Crippen LogP contribution >= 0.6 is 15.9 Å². The molecule has 7 nitrogen and oxygen atoms in total. The molecule has 2 aromatic rings. The van der Waals surface area contributed by atoms with E-state index >= 15 is 0 Å². The summed E-state index contributed by atoms with van der Waals surface area (Å²) in [6, 6.07) is 12.8. The van der Waals surface area contributed by atoms with Crippen molar-refractivity contribution in [2.75, 3.05) is 17.7 Å². The van der Waals surface area contributed by atoms with Crippen molar-refractivity contribution in [3.05, 3.63) is 58.6 Å². The highest BCUT2D eigenvalue weighted by atomic mass is 79.9. The quantitative estimate of drug-likeness (QED) is 0.515. The van der Waals surface area contributed by atoms with Gasteiger partial charge in [-0.2, -0.15) is 5.10 Å². The lowest BCUT2D eigenvalue weighted by molar-refractivity contribution is -0.121. The molecule has 1 amide bonds. The van der Waals surface area contributed by atoms with Gasteiger partial charge in [0.05, 0.1) is 25.3 Å². The minimum atomic E-state index is -3.69. The smallest absolute Gasteiger partial charge is 0.263 e. The number of sulfonamides is 1. The molecule has 0 aromatic heterocycles. The number of rotatable bonds is 7. The normalized spacial score (nSPS) is 12.6. The maximum atomic E-state index is 12.4. The number of carbonyl (C=O) groups is 1. The van der Waals surface area contributed by atoms with E-state index in [0.717, 1.165) is 20.6 Å². The Balaban J connectivity index is 2.18. The molecule has 9 heteroatoms. The van der Waals surface area contributed by atoms with Gasteiger partial charge >= 0.3 is 0 Å². The third-order valence-electron chi connectivity index (χ3n) is 3.70. The second-order valence-electron chi connectivity index (χ2n) is 5.69. The van der Waals surface area contributed by atoms with Gasteiger partial charge in [0.15, 0.2) is 0 Å². The molecule has 0 bridgehead atoms. The summed E-state index contributed by atoms with van der Waals surface area (Å²) >= 11 is 3.38. The first-order valence-electron chi connectivity index (χ1n) is 7.95. The standard InChI is InChI=1S/C18H20BrN3O4S/c1-13(18(23)21-20-12-14-6-4-5-7-17(14)19)22(27(3,24)25)15-8-10-16(26-2)11-9-15/h4-13H,1-3H3,(H,21,23)/b20-12-/t13-/m0/s1. The molecule has 0 aliphatic rings. The van der Waals surface area contributed by atoms with Gasteiger partial charge in [0.1, 0.15) is 11.8 Å². The van der Waals surface area contributed by atoms with Crippen molar-refractivity contribution in [3.63, 3.8) is 0 Å². The summed E-state index contributed by atoms with van der Waals surface area (Å²) in [6.07, 6.45) is 2.53. The van der Waals surface area contributed by atoms with Crippen molar-refractivity contribution in [1.82, 2.24) is 5.43 Å². The predicted octanol–water partition coefficient (Wildman–Crippen LogP) is 2.76. The number of anilines is 1. The summed E-state index contributed by atoms with van der Waals surface area (Å²) in [4.78, 5) is 12.4. The summed E-state index contributed by atoms with van der Waals surface area (Å²) < 4.78 is 31.4. The number of nitrogens with one attached hydrogen (secondary N) is 1. The first-order chi connectivity index (χ1) is 12.7.